The summed E-state index contributed by atoms with van der Waals surface area (Å²) in [6, 6.07) is 2.28. The Morgan fingerprint density at radius 1 is 1.75 bits per heavy atom. The van der Waals surface area contributed by atoms with E-state index in [1.165, 1.54) is 0 Å². The van der Waals surface area contributed by atoms with Gasteiger partial charge in [-0.25, -0.2) is 0 Å². The second kappa shape index (κ2) is 1.73. The van der Waals surface area contributed by atoms with E-state index in [9.17, 15) is 0 Å². The van der Waals surface area contributed by atoms with E-state index in [2.05, 4.69) is 22.0 Å². The van der Waals surface area contributed by atoms with Crippen LogP contribution in [0.2, 0.25) is 0 Å². The molecule has 44 valence electrons. The van der Waals surface area contributed by atoms with Crippen molar-refractivity contribution in [3.63, 3.8) is 0 Å². The van der Waals surface area contributed by atoms with Crippen molar-refractivity contribution in [2.45, 2.75) is 24.6 Å². The lowest BCUT2D eigenvalue weighted by Gasteiger charge is -2.35. The minimum absolute atomic E-state index is 0.00579. The molecule has 0 spiro atoms. The van der Waals surface area contributed by atoms with Gasteiger partial charge < -0.3 is 0 Å². The second-order valence-electron chi connectivity index (χ2n) is 2.68. The van der Waals surface area contributed by atoms with Gasteiger partial charge in [0.15, 0.2) is 0 Å². The number of halogens is 1. The molecule has 1 aliphatic carbocycles. The molecule has 0 atom stereocenters. The summed E-state index contributed by atoms with van der Waals surface area (Å²) in [4.78, 5) is 0.604. The second-order valence-corrected chi connectivity index (χ2v) is 3.97. The quantitative estimate of drug-likeness (QED) is 0.515. The molecule has 0 aromatic carbocycles. The maximum atomic E-state index is 8.49. The lowest BCUT2D eigenvalue weighted by Crippen LogP contribution is -2.33. The monoisotopic (exact) mass is 173 g/mol. The highest BCUT2D eigenvalue weighted by Gasteiger charge is 2.38. The van der Waals surface area contributed by atoms with Gasteiger partial charge in [-0.2, -0.15) is 5.26 Å². The molecule has 0 N–H and O–H groups in total. The molecule has 0 heterocycles. The van der Waals surface area contributed by atoms with Crippen molar-refractivity contribution in [3.8, 4) is 6.07 Å². The number of alkyl halides is 1. The summed E-state index contributed by atoms with van der Waals surface area (Å²) >= 11 is 3.43. The number of nitrogens with zero attached hydrogens (tertiary/aromatic N) is 1. The summed E-state index contributed by atoms with van der Waals surface area (Å²) in [7, 11) is 0. The fraction of sp³-hybridized carbons (Fsp3) is 0.833. The molecule has 0 amide bonds. The van der Waals surface area contributed by atoms with Crippen LogP contribution in [-0.4, -0.2) is 4.83 Å². The van der Waals surface area contributed by atoms with Crippen LogP contribution in [0.3, 0.4) is 0 Å². The van der Waals surface area contributed by atoms with Gasteiger partial charge in [-0.1, -0.05) is 15.9 Å². The van der Waals surface area contributed by atoms with Gasteiger partial charge in [-0.3, -0.25) is 0 Å². The van der Waals surface area contributed by atoms with Crippen molar-refractivity contribution >= 4 is 15.9 Å². The molecule has 1 fully saturated rings. The Balaban J connectivity index is 2.44. The number of rotatable bonds is 0. The van der Waals surface area contributed by atoms with Crippen LogP contribution in [0.4, 0.5) is 0 Å². The lowest BCUT2D eigenvalue weighted by molar-refractivity contribution is 0.261. The van der Waals surface area contributed by atoms with Crippen LogP contribution in [0, 0.1) is 16.7 Å². The van der Waals surface area contributed by atoms with Crippen LogP contribution in [0.15, 0.2) is 0 Å². The maximum absolute atomic E-state index is 8.49. The van der Waals surface area contributed by atoms with Crippen LogP contribution >= 0.6 is 15.9 Å². The average molecular weight is 174 g/mol. The van der Waals surface area contributed by atoms with Crippen LogP contribution < -0.4 is 0 Å². The minimum Gasteiger partial charge on any atom is -0.198 e. The number of hydrogen-bond acceptors (Lipinski definition) is 1. The van der Waals surface area contributed by atoms with Gasteiger partial charge >= 0.3 is 0 Å². The van der Waals surface area contributed by atoms with E-state index in [4.69, 9.17) is 5.26 Å². The van der Waals surface area contributed by atoms with Crippen LogP contribution in [0.1, 0.15) is 19.8 Å². The van der Waals surface area contributed by atoms with Crippen LogP contribution in [0.5, 0.6) is 0 Å². The zero-order chi connectivity index (χ0) is 6.20. The minimum atomic E-state index is -0.00579. The van der Waals surface area contributed by atoms with Gasteiger partial charge in [0.2, 0.25) is 0 Å². The van der Waals surface area contributed by atoms with Gasteiger partial charge in [0.25, 0.3) is 0 Å². The summed E-state index contributed by atoms with van der Waals surface area (Å²) < 4.78 is 0. The molecule has 1 aliphatic rings. The summed E-state index contributed by atoms with van der Waals surface area (Å²) in [6.07, 6.45) is 2.03. The SMILES string of the molecule is CC1(C#N)CC(Br)C1. The third-order valence-electron chi connectivity index (χ3n) is 1.61. The van der Waals surface area contributed by atoms with E-state index in [1.54, 1.807) is 0 Å². The fourth-order valence-corrected chi connectivity index (χ4v) is 2.44. The van der Waals surface area contributed by atoms with Gasteiger partial charge in [0.1, 0.15) is 0 Å². The predicted octanol–water partition coefficient (Wildman–Crippen LogP) is 2.07. The fourth-order valence-electron chi connectivity index (χ4n) is 1.01. The molecule has 1 rings (SSSR count). The van der Waals surface area contributed by atoms with Crippen molar-refractivity contribution in [1.82, 2.24) is 0 Å². The van der Waals surface area contributed by atoms with E-state index < -0.39 is 0 Å². The highest BCUT2D eigenvalue weighted by Crippen LogP contribution is 2.43. The van der Waals surface area contributed by atoms with E-state index in [0.29, 0.717) is 4.83 Å². The van der Waals surface area contributed by atoms with Crippen molar-refractivity contribution in [2.24, 2.45) is 5.41 Å². The first-order valence-corrected chi connectivity index (χ1v) is 3.63. The Morgan fingerprint density at radius 2 is 2.25 bits per heavy atom. The Bertz CT molecular complexity index is 130. The lowest BCUT2D eigenvalue weighted by atomic mass is 9.72. The number of nitriles is 1. The van der Waals surface area contributed by atoms with E-state index in [0.717, 1.165) is 12.8 Å². The van der Waals surface area contributed by atoms with E-state index in [1.807, 2.05) is 6.92 Å². The number of hydrogen-bond donors (Lipinski definition) is 0. The third kappa shape index (κ3) is 0.877. The van der Waals surface area contributed by atoms with Crippen LogP contribution in [-0.2, 0) is 0 Å². The molecular formula is C6H8BrN. The van der Waals surface area contributed by atoms with E-state index >= 15 is 0 Å². The molecule has 0 unspecified atom stereocenters. The maximum Gasteiger partial charge on any atom is 0.0687 e. The summed E-state index contributed by atoms with van der Waals surface area (Å²) in [5, 5.41) is 8.49. The van der Waals surface area contributed by atoms with Crippen molar-refractivity contribution in [3.05, 3.63) is 0 Å². The molecule has 0 aromatic heterocycles. The molecule has 1 saturated carbocycles. The normalized spacial score (nSPS) is 44.9. The topological polar surface area (TPSA) is 23.8 Å². The standard InChI is InChI=1S/C6H8BrN/c1-6(4-8)2-5(7)3-6/h5H,2-3H2,1H3. The molecule has 0 aromatic rings. The Morgan fingerprint density at radius 3 is 2.38 bits per heavy atom. The molecule has 0 saturated heterocycles. The van der Waals surface area contributed by atoms with Gasteiger partial charge in [0, 0.05) is 4.83 Å². The third-order valence-corrected chi connectivity index (χ3v) is 2.26. The predicted molar refractivity (Wildman–Crippen MR) is 35.7 cm³/mol. The van der Waals surface area contributed by atoms with Crippen LogP contribution in [0.25, 0.3) is 0 Å². The molecule has 2 heteroatoms. The molecular weight excluding hydrogens is 166 g/mol. The summed E-state index contributed by atoms with van der Waals surface area (Å²) in [6.45, 7) is 2.00. The van der Waals surface area contributed by atoms with Crippen molar-refractivity contribution < 1.29 is 0 Å². The molecule has 8 heavy (non-hydrogen) atoms. The van der Waals surface area contributed by atoms with Gasteiger partial charge in [-0.15, -0.1) is 0 Å². The summed E-state index contributed by atoms with van der Waals surface area (Å²) in [5.41, 5.74) is -0.00579. The molecule has 0 bridgehead atoms. The smallest absolute Gasteiger partial charge is 0.0687 e. The Labute approximate surface area is 57.8 Å². The molecule has 0 aliphatic heterocycles. The summed E-state index contributed by atoms with van der Waals surface area (Å²) in [5.74, 6) is 0. The Kier molecular flexibility index (Phi) is 1.32. The zero-order valence-electron chi connectivity index (χ0n) is 4.82. The van der Waals surface area contributed by atoms with Crippen molar-refractivity contribution in [1.29, 1.82) is 5.26 Å². The Hall–Kier alpha value is -0.0300. The largest absolute Gasteiger partial charge is 0.198 e. The first kappa shape index (κ1) is 6.10. The van der Waals surface area contributed by atoms with Gasteiger partial charge in [-0.05, 0) is 19.8 Å². The first-order chi connectivity index (χ1) is 3.66. The van der Waals surface area contributed by atoms with E-state index in [-0.39, 0.29) is 5.41 Å². The van der Waals surface area contributed by atoms with Gasteiger partial charge in [0.05, 0.1) is 11.5 Å². The highest BCUT2D eigenvalue weighted by molar-refractivity contribution is 9.09. The first-order valence-electron chi connectivity index (χ1n) is 2.72. The average Bonchev–Trinajstić information content (AvgIpc) is 1.63. The highest BCUT2D eigenvalue weighted by atomic mass is 79.9. The van der Waals surface area contributed by atoms with Crippen molar-refractivity contribution in [2.75, 3.05) is 0 Å². The zero-order valence-corrected chi connectivity index (χ0v) is 6.40. The molecule has 1 nitrogen and oxygen atoms in total. The molecule has 0 radical (unpaired) electrons.